The summed E-state index contributed by atoms with van der Waals surface area (Å²) in [4.78, 5) is 32.1. The van der Waals surface area contributed by atoms with Crippen LogP contribution in [0.5, 0.6) is 0 Å². The average Bonchev–Trinajstić information content (AvgIpc) is 3.18. The SMILES string of the molecule is CN(C(=O)C1CCCCC1)c1ccc2c(c1)nc(NC(=O)Nc1ccc(C#N)cc1)n2CC(C)(C)O. The number of anilines is 3. The van der Waals surface area contributed by atoms with E-state index in [1.165, 1.54) is 6.42 Å². The van der Waals surface area contributed by atoms with E-state index in [0.717, 1.165) is 36.9 Å². The van der Waals surface area contributed by atoms with E-state index >= 15 is 0 Å². The van der Waals surface area contributed by atoms with Gasteiger partial charge in [-0.2, -0.15) is 5.26 Å². The Balaban J connectivity index is 1.59. The Morgan fingerprint density at radius 1 is 1.14 bits per heavy atom. The van der Waals surface area contributed by atoms with Gasteiger partial charge in [-0.05, 0) is 69.2 Å². The topological polar surface area (TPSA) is 123 Å². The van der Waals surface area contributed by atoms with Crippen molar-refractivity contribution < 1.29 is 14.7 Å². The van der Waals surface area contributed by atoms with Gasteiger partial charge in [0.2, 0.25) is 11.9 Å². The van der Waals surface area contributed by atoms with Crippen molar-refractivity contribution in [1.29, 1.82) is 5.26 Å². The highest BCUT2D eigenvalue weighted by atomic mass is 16.3. The highest BCUT2D eigenvalue weighted by Crippen LogP contribution is 2.30. The van der Waals surface area contributed by atoms with Gasteiger partial charge in [0.05, 0.1) is 34.8 Å². The van der Waals surface area contributed by atoms with Crippen LogP contribution in [0.25, 0.3) is 11.0 Å². The summed E-state index contributed by atoms with van der Waals surface area (Å²) in [5, 5.41) is 24.9. The molecule has 9 heteroatoms. The minimum absolute atomic E-state index is 0.0512. The number of hydrogen-bond donors (Lipinski definition) is 3. The largest absolute Gasteiger partial charge is 0.389 e. The first-order valence-corrected chi connectivity index (χ1v) is 12.2. The van der Waals surface area contributed by atoms with Crippen molar-refractivity contribution in [3.05, 3.63) is 48.0 Å². The zero-order chi connectivity index (χ0) is 25.9. The molecule has 1 aromatic heterocycles. The van der Waals surface area contributed by atoms with Crippen LogP contribution in [-0.2, 0) is 11.3 Å². The molecule has 0 unspecified atom stereocenters. The van der Waals surface area contributed by atoms with Crippen LogP contribution in [0.1, 0.15) is 51.5 Å². The molecular formula is C27H32N6O3. The summed E-state index contributed by atoms with van der Waals surface area (Å²) in [6.07, 6.45) is 5.21. The Kier molecular flexibility index (Phi) is 7.27. The predicted octanol–water partition coefficient (Wildman–Crippen LogP) is 4.87. The van der Waals surface area contributed by atoms with Gasteiger partial charge in [0.15, 0.2) is 0 Å². The Labute approximate surface area is 210 Å². The lowest BCUT2D eigenvalue weighted by atomic mass is 9.88. The van der Waals surface area contributed by atoms with E-state index in [0.29, 0.717) is 16.8 Å². The van der Waals surface area contributed by atoms with Crippen LogP contribution in [0.15, 0.2) is 42.5 Å². The molecule has 0 spiro atoms. The number of benzene rings is 2. The molecule has 0 aliphatic heterocycles. The number of nitrogens with one attached hydrogen (secondary N) is 2. The standard InChI is InChI=1S/C27H32N6O3/c1-27(2,36)17-33-23-14-13-21(32(3)24(34)19-7-5-4-6-8-19)15-22(23)30-25(33)31-26(35)29-20-11-9-18(16-28)10-12-20/h9-15,19,36H,4-8,17H2,1-3H3,(H2,29,30,31,35). The van der Waals surface area contributed by atoms with Crippen LogP contribution in [0.2, 0.25) is 0 Å². The first kappa shape index (κ1) is 25.2. The van der Waals surface area contributed by atoms with E-state index in [-0.39, 0.29) is 24.3 Å². The smallest absolute Gasteiger partial charge is 0.326 e. The van der Waals surface area contributed by atoms with Gasteiger partial charge in [0.25, 0.3) is 0 Å². The minimum atomic E-state index is -1.06. The molecule has 1 aliphatic carbocycles. The lowest BCUT2D eigenvalue weighted by Crippen LogP contribution is -2.33. The van der Waals surface area contributed by atoms with Crippen molar-refractivity contribution in [2.75, 3.05) is 22.6 Å². The first-order valence-electron chi connectivity index (χ1n) is 12.2. The van der Waals surface area contributed by atoms with Crippen LogP contribution in [-0.4, -0.2) is 39.2 Å². The fourth-order valence-electron chi connectivity index (χ4n) is 4.61. The second-order valence-corrected chi connectivity index (χ2v) is 10.0. The number of carbonyl (C=O) groups is 2. The third kappa shape index (κ3) is 5.83. The Hall–Kier alpha value is -3.90. The van der Waals surface area contributed by atoms with Gasteiger partial charge in [-0.1, -0.05) is 19.3 Å². The van der Waals surface area contributed by atoms with Gasteiger partial charge >= 0.3 is 6.03 Å². The normalized spacial score (nSPS) is 14.3. The molecule has 4 rings (SSSR count). The summed E-state index contributed by atoms with van der Waals surface area (Å²) in [5.74, 6) is 0.442. The third-order valence-corrected chi connectivity index (χ3v) is 6.45. The van der Waals surface area contributed by atoms with Crippen molar-refractivity contribution in [3.63, 3.8) is 0 Å². The molecule has 1 fully saturated rings. The summed E-state index contributed by atoms with van der Waals surface area (Å²) < 4.78 is 1.75. The van der Waals surface area contributed by atoms with E-state index in [2.05, 4.69) is 15.6 Å². The maximum atomic E-state index is 13.0. The Morgan fingerprint density at radius 3 is 2.47 bits per heavy atom. The lowest BCUT2D eigenvalue weighted by Gasteiger charge is -2.26. The van der Waals surface area contributed by atoms with E-state index in [4.69, 9.17) is 5.26 Å². The number of hydrogen-bond acceptors (Lipinski definition) is 5. The average molecular weight is 489 g/mol. The molecule has 0 bridgehead atoms. The lowest BCUT2D eigenvalue weighted by molar-refractivity contribution is -0.123. The molecule has 1 saturated carbocycles. The van der Waals surface area contributed by atoms with E-state index in [1.54, 1.807) is 54.6 Å². The van der Waals surface area contributed by atoms with E-state index < -0.39 is 11.6 Å². The maximum absolute atomic E-state index is 13.0. The molecule has 0 radical (unpaired) electrons. The summed E-state index contributed by atoms with van der Waals surface area (Å²) in [5.41, 5.74) is 2.04. The molecule has 1 aliphatic rings. The second-order valence-electron chi connectivity index (χ2n) is 10.0. The summed E-state index contributed by atoms with van der Waals surface area (Å²) in [6.45, 7) is 3.57. The molecule has 3 aromatic rings. The number of urea groups is 1. The zero-order valence-electron chi connectivity index (χ0n) is 20.9. The number of carbonyl (C=O) groups excluding carboxylic acids is 2. The van der Waals surface area contributed by atoms with Crippen molar-refractivity contribution in [3.8, 4) is 6.07 Å². The minimum Gasteiger partial charge on any atom is -0.389 e. The van der Waals surface area contributed by atoms with Crippen molar-refractivity contribution >= 4 is 40.3 Å². The summed E-state index contributed by atoms with van der Waals surface area (Å²) in [6, 6.07) is 13.6. The number of aliphatic hydroxyl groups is 1. The monoisotopic (exact) mass is 488 g/mol. The Bertz CT molecular complexity index is 1290. The van der Waals surface area contributed by atoms with E-state index in [1.807, 2.05) is 24.3 Å². The molecule has 0 atom stereocenters. The second kappa shape index (κ2) is 10.4. The van der Waals surface area contributed by atoms with Crippen molar-refractivity contribution in [1.82, 2.24) is 9.55 Å². The number of amides is 3. The van der Waals surface area contributed by atoms with Gasteiger partial charge < -0.3 is 19.9 Å². The van der Waals surface area contributed by atoms with E-state index in [9.17, 15) is 14.7 Å². The number of fused-ring (bicyclic) bond motifs is 1. The molecule has 3 N–H and O–H groups in total. The molecule has 2 aromatic carbocycles. The van der Waals surface area contributed by atoms with Gasteiger partial charge in [0, 0.05) is 24.3 Å². The number of aromatic nitrogens is 2. The number of nitriles is 1. The third-order valence-electron chi connectivity index (χ3n) is 6.45. The molecule has 36 heavy (non-hydrogen) atoms. The molecule has 188 valence electrons. The van der Waals surface area contributed by atoms with Gasteiger partial charge in [0.1, 0.15) is 0 Å². The van der Waals surface area contributed by atoms with Gasteiger partial charge in [-0.15, -0.1) is 0 Å². The van der Waals surface area contributed by atoms with Crippen LogP contribution in [0.4, 0.5) is 22.1 Å². The van der Waals surface area contributed by atoms with Crippen LogP contribution < -0.4 is 15.5 Å². The molecule has 3 amide bonds. The van der Waals surface area contributed by atoms with Crippen molar-refractivity contribution in [2.45, 2.75) is 58.1 Å². The van der Waals surface area contributed by atoms with Gasteiger partial charge in [-0.25, -0.2) is 9.78 Å². The number of imidazole rings is 1. The summed E-state index contributed by atoms with van der Waals surface area (Å²) >= 11 is 0. The first-order chi connectivity index (χ1) is 17.1. The Morgan fingerprint density at radius 2 is 1.83 bits per heavy atom. The highest BCUT2D eigenvalue weighted by Gasteiger charge is 2.26. The maximum Gasteiger partial charge on any atom is 0.326 e. The number of rotatable bonds is 6. The number of nitrogens with zero attached hydrogens (tertiary/aromatic N) is 4. The molecule has 1 heterocycles. The van der Waals surface area contributed by atoms with Crippen LogP contribution >= 0.6 is 0 Å². The molecule has 9 nitrogen and oxygen atoms in total. The van der Waals surface area contributed by atoms with Crippen LogP contribution in [0, 0.1) is 17.2 Å². The van der Waals surface area contributed by atoms with Crippen LogP contribution in [0.3, 0.4) is 0 Å². The highest BCUT2D eigenvalue weighted by molar-refractivity contribution is 6.00. The quantitative estimate of drug-likeness (QED) is 0.457. The predicted molar refractivity (Wildman–Crippen MR) is 140 cm³/mol. The fourth-order valence-corrected chi connectivity index (χ4v) is 4.61. The summed E-state index contributed by atoms with van der Waals surface area (Å²) in [7, 11) is 1.79. The molecule has 0 saturated heterocycles. The van der Waals surface area contributed by atoms with Crippen molar-refractivity contribution in [2.24, 2.45) is 5.92 Å². The fraction of sp³-hybridized carbons (Fsp3) is 0.407. The van der Waals surface area contributed by atoms with Gasteiger partial charge in [-0.3, -0.25) is 10.1 Å². The molecular weight excluding hydrogens is 456 g/mol. The zero-order valence-corrected chi connectivity index (χ0v) is 20.9.